The van der Waals surface area contributed by atoms with Crippen molar-refractivity contribution in [2.45, 2.75) is 16.6 Å². The predicted octanol–water partition coefficient (Wildman–Crippen LogP) is 3.27. The molecule has 0 spiro atoms. The third-order valence-corrected chi connectivity index (χ3v) is 5.79. The van der Waals surface area contributed by atoms with E-state index in [0.29, 0.717) is 0 Å². The van der Waals surface area contributed by atoms with Gasteiger partial charge in [0.05, 0.1) is 5.69 Å². The number of carbonyl (C=O) groups excluding carboxylic acids is 1. The molecule has 2 nitrogen and oxygen atoms in total. The Morgan fingerprint density at radius 3 is 2.48 bits per heavy atom. The quantitative estimate of drug-likeness (QED) is 0.311. The van der Waals surface area contributed by atoms with Crippen LogP contribution < -0.4 is 4.90 Å². The first-order valence-electron chi connectivity index (χ1n) is 6.37. The Labute approximate surface area is 123 Å². The second-order valence-electron chi connectivity index (χ2n) is 4.65. The van der Waals surface area contributed by atoms with Crippen molar-refractivity contribution >= 4 is 29.7 Å². The number of carbonyl (C=O) groups is 1. The van der Waals surface area contributed by atoms with Gasteiger partial charge in [-0.2, -0.15) is 0 Å². The van der Waals surface area contributed by atoms with Crippen LogP contribution in [-0.4, -0.2) is 31.2 Å². The minimum Gasteiger partial charge on any atom is -0.418 e. The SMILES string of the molecule is CN1C(=O)C2CC=CC[S+]2c2ccccc21.F[B-](F)(F)F. The van der Waals surface area contributed by atoms with Gasteiger partial charge in [-0.3, -0.25) is 4.79 Å². The maximum Gasteiger partial charge on any atom is 0.673 e. The average Bonchev–Trinajstić information content (AvgIpc) is 2.43. The molecule has 2 atom stereocenters. The van der Waals surface area contributed by atoms with Crippen LogP contribution in [0.25, 0.3) is 0 Å². The van der Waals surface area contributed by atoms with E-state index in [2.05, 4.69) is 30.4 Å². The highest BCUT2D eigenvalue weighted by atomic mass is 32.2. The van der Waals surface area contributed by atoms with Gasteiger partial charge in [-0.1, -0.05) is 18.2 Å². The van der Waals surface area contributed by atoms with E-state index >= 15 is 0 Å². The molecular weight excluding hydrogens is 305 g/mol. The summed E-state index contributed by atoms with van der Waals surface area (Å²) in [5.74, 6) is 1.31. The van der Waals surface area contributed by atoms with Gasteiger partial charge >= 0.3 is 7.25 Å². The molecule has 8 heteroatoms. The van der Waals surface area contributed by atoms with Gasteiger partial charge in [0, 0.05) is 24.4 Å². The van der Waals surface area contributed by atoms with Crippen LogP contribution in [0, 0.1) is 0 Å². The van der Waals surface area contributed by atoms with Crippen molar-refractivity contribution in [1.82, 2.24) is 0 Å². The fourth-order valence-corrected chi connectivity index (χ4v) is 4.91. The number of halogens is 4. The van der Waals surface area contributed by atoms with Crippen LogP contribution in [0.1, 0.15) is 6.42 Å². The zero-order valence-electron chi connectivity index (χ0n) is 11.3. The summed E-state index contributed by atoms with van der Waals surface area (Å²) in [6.45, 7) is 0. The fourth-order valence-electron chi connectivity index (χ4n) is 2.38. The number of hydrogen-bond acceptors (Lipinski definition) is 1. The van der Waals surface area contributed by atoms with Gasteiger partial charge in [0.2, 0.25) is 5.25 Å². The highest BCUT2D eigenvalue weighted by molar-refractivity contribution is 7.98. The number of benzene rings is 1. The molecular formula is C13H14BF4NOS. The van der Waals surface area contributed by atoms with E-state index < -0.39 is 7.25 Å². The van der Waals surface area contributed by atoms with E-state index in [-0.39, 0.29) is 22.1 Å². The van der Waals surface area contributed by atoms with E-state index in [1.807, 2.05) is 18.0 Å². The third kappa shape index (κ3) is 3.81. The minimum atomic E-state index is -6.00. The number of nitrogens with zero attached hydrogens (tertiary/aromatic N) is 1. The Hall–Kier alpha value is -1.44. The molecule has 0 aromatic heterocycles. The molecule has 2 heterocycles. The van der Waals surface area contributed by atoms with Crippen molar-refractivity contribution < 1.29 is 22.1 Å². The van der Waals surface area contributed by atoms with Gasteiger partial charge < -0.3 is 22.2 Å². The van der Waals surface area contributed by atoms with Crippen LogP contribution in [0.4, 0.5) is 23.0 Å². The smallest absolute Gasteiger partial charge is 0.418 e. The fraction of sp³-hybridized carbons (Fsp3) is 0.308. The molecule has 3 rings (SSSR count). The second kappa shape index (κ2) is 6.13. The second-order valence-corrected chi connectivity index (χ2v) is 6.85. The lowest BCUT2D eigenvalue weighted by atomic mass is 10.2. The molecule has 114 valence electrons. The summed E-state index contributed by atoms with van der Waals surface area (Å²) < 4.78 is 39.0. The number of rotatable bonds is 0. The van der Waals surface area contributed by atoms with E-state index in [0.717, 1.165) is 17.9 Å². The molecule has 0 fully saturated rings. The van der Waals surface area contributed by atoms with Crippen LogP contribution in [0.3, 0.4) is 0 Å². The molecule has 0 bridgehead atoms. The van der Waals surface area contributed by atoms with Crippen molar-refractivity contribution in [3.63, 3.8) is 0 Å². The zero-order chi connectivity index (χ0) is 15.6. The largest absolute Gasteiger partial charge is 0.673 e. The normalized spacial score (nSPS) is 23.9. The topological polar surface area (TPSA) is 20.3 Å². The van der Waals surface area contributed by atoms with Crippen molar-refractivity contribution in [3.8, 4) is 0 Å². The lowest BCUT2D eigenvalue weighted by Crippen LogP contribution is -2.47. The van der Waals surface area contributed by atoms with Crippen LogP contribution in [0.2, 0.25) is 0 Å². The summed E-state index contributed by atoms with van der Waals surface area (Å²) >= 11 is 0. The molecule has 1 aromatic carbocycles. The molecule has 1 amide bonds. The predicted molar refractivity (Wildman–Crippen MR) is 78.1 cm³/mol. The maximum absolute atomic E-state index is 12.2. The third-order valence-electron chi connectivity index (χ3n) is 3.25. The van der Waals surface area contributed by atoms with Gasteiger partial charge in [-0.05, 0) is 18.2 Å². The Morgan fingerprint density at radius 1 is 1.19 bits per heavy atom. The minimum absolute atomic E-state index is 0.0936. The molecule has 2 aliphatic rings. The number of anilines is 1. The lowest BCUT2D eigenvalue weighted by molar-refractivity contribution is -0.118. The molecule has 2 aliphatic heterocycles. The van der Waals surface area contributed by atoms with E-state index in [1.54, 1.807) is 0 Å². The van der Waals surface area contributed by atoms with Crippen LogP contribution in [0.5, 0.6) is 0 Å². The Morgan fingerprint density at radius 2 is 1.81 bits per heavy atom. The monoisotopic (exact) mass is 319 g/mol. The Kier molecular flexibility index (Phi) is 4.66. The number of para-hydroxylation sites is 1. The summed E-state index contributed by atoms with van der Waals surface area (Å²) in [6.07, 6.45) is 5.27. The highest BCUT2D eigenvalue weighted by Crippen LogP contribution is 2.37. The van der Waals surface area contributed by atoms with Crippen molar-refractivity contribution in [2.75, 3.05) is 17.7 Å². The van der Waals surface area contributed by atoms with Gasteiger partial charge in [0.25, 0.3) is 5.91 Å². The standard InChI is InChI=1S/C13H14NOS.BF4/c1-14-10-6-2-3-7-11(10)16-9-5-4-8-12(16)13(14)15;2-1(3,4)5/h2-7,12H,8-9H2,1H3;/q+1;-1. The average molecular weight is 319 g/mol. The van der Waals surface area contributed by atoms with Gasteiger partial charge in [0.15, 0.2) is 4.90 Å². The molecule has 1 aromatic rings. The summed E-state index contributed by atoms with van der Waals surface area (Å²) in [7, 11) is -4.02. The summed E-state index contributed by atoms with van der Waals surface area (Å²) in [5.41, 5.74) is 1.10. The first-order valence-corrected chi connectivity index (χ1v) is 7.83. The van der Waals surface area contributed by atoms with Gasteiger partial charge in [0.1, 0.15) is 5.75 Å². The lowest BCUT2D eigenvalue weighted by Gasteiger charge is -2.31. The highest BCUT2D eigenvalue weighted by Gasteiger charge is 2.46. The molecule has 0 radical (unpaired) electrons. The first-order chi connectivity index (χ1) is 9.79. The maximum atomic E-state index is 12.2. The molecule has 0 saturated carbocycles. The van der Waals surface area contributed by atoms with Crippen LogP contribution in [-0.2, 0) is 15.7 Å². The van der Waals surface area contributed by atoms with Crippen LogP contribution in [0.15, 0.2) is 41.3 Å². The number of hydrogen-bond donors (Lipinski definition) is 0. The summed E-state index contributed by atoms with van der Waals surface area (Å²) in [5, 5.41) is 0.185. The number of fused-ring (bicyclic) bond motifs is 3. The van der Waals surface area contributed by atoms with Crippen molar-refractivity contribution in [3.05, 3.63) is 36.4 Å². The number of amides is 1. The Bertz CT molecular complexity index is 557. The van der Waals surface area contributed by atoms with E-state index in [4.69, 9.17) is 0 Å². The number of allylic oxidation sites excluding steroid dienone is 1. The molecule has 2 unspecified atom stereocenters. The first kappa shape index (κ1) is 15.9. The van der Waals surface area contributed by atoms with E-state index in [9.17, 15) is 22.1 Å². The summed E-state index contributed by atoms with van der Waals surface area (Å²) in [4.78, 5) is 15.4. The molecule has 21 heavy (non-hydrogen) atoms. The summed E-state index contributed by atoms with van der Waals surface area (Å²) in [6, 6.07) is 8.30. The molecule has 0 aliphatic carbocycles. The van der Waals surface area contributed by atoms with Crippen LogP contribution >= 0.6 is 0 Å². The molecule has 0 N–H and O–H groups in total. The molecule has 0 saturated heterocycles. The van der Waals surface area contributed by atoms with E-state index in [1.165, 1.54) is 4.90 Å². The van der Waals surface area contributed by atoms with Crippen molar-refractivity contribution in [1.29, 1.82) is 0 Å². The van der Waals surface area contributed by atoms with Gasteiger partial charge in [-0.15, -0.1) is 0 Å². The Balaban J connectivity index is 0.000000282. The van der Waals surface area contributed by atoms with Crippen molar-refractivity contribution in [2.24, 2.45) is 0 Å². The zero-order valence-corrected chi connectivity index (χ0v) is 12.1. The van der Waals surface area contributed by atoms with Gasteiger partial charge in [-0.25, -0.2) is 0 Å².